The van der Waals surface area contributed by atoms with Crippen molar-refractivity contribution in [2.24, 2.45) is 0 Å². The maximum atomic E-state index is 12.1. The molecule has 2 aromatic heterocycles. The van der Waals surface area contributed by atoms with E-state index in [9.17, 15) is 4.79 Å². The number of fused-ring (bicyclic) bond motifs is 2. The highest BCUT2D eigenvalue weighted by molar-refractivity contribution is 7.71. The van der Waals surface area contributed by atoms with Crippen molar-refractivity contribution >= 4 is 23.1 Å². The molecule has 1 aliphatic heterocycles. The van der Waals surface area contributed by atoms with E-state index < -0.39 is 0 Å². The Kier molecular flexibility index (Phi) is 3.55. The molecule has 0 atom stereocenters. The second-order valence-electron chi connectivity index (χ2n) is 5.82. The monoisotopic (exact) mass is 324 g/mol. The summed E-state index contributed by atoms with van der Waals surface area (Å²) in [7, 11) is 0. The van der Waals surface area contributed by atoms with Crippen LogP contribution in [0.2, 0.25) is 0 Å². The van der Waals surface area contributed by atoms with Crippen molar-refractivity contribution in [1.82, 2.24) is 19.9 Å². The van der Waals surface area contributed by atoms with Gasteiger partial charge < -0.3 is 4.98 Å². The van der Waals surface area contributed by atoms with Crippen molar-refractivity contribution in [3.8, 4) is 0 Å². The van der Waals surface area contributed by atoms with Gasteiger partial charge >= 0.3 is 0 Å². The van der Waals surface area contributed by atoms with Crippen LogP contribution in [0.25, 0.3) is 10.9 Å². The maximum absolute atomic E-state index is 12.1. The molecule has 0 saturated heterocycles. The minimum atomic E-state index is -0.0834. The van der Waals surface area contributed by atoms with Crippen LogP contribution >= 0.6 is 12.2 Å². The first-order valence-corrected chi connectivity index (χ1v) is 8.01. The number of rotatable bonds is 2. The molecule has 0 saturated carbocycles. The van der Waals surface area contributed by atoms with Gasteiger partial charge in [0.15, 0.2) is 4.77 Å². The first kappa shape index (κ1) is 14.3. The Morgan fingerprint density at radius 3 is 2.96 bits per heavy atom. The Morgan fingerprint density at radius 1 is 1.17 bits per heavy atom. The molecule has 0 aliphatic carbocycles. The number of H-pyrrole nitrogens is 2. The first-order valence-electron chi connectivity index (χ1n) is 7.60. The van der Waals surface area contributed by atoms with Crippen LogP contribution in [0.15, 0.2) is 41.2 Å². The fourth-order valence-corrected chi connectivity index (χ4v) is 3.29. The minimum absolute atomic E-state index is 0.0834. The molecule has 4 rings (SSSR count). The van der Waals surface area contributed by atoms with Crippen LogP contribution in [-0.2, 0) is 19.5 Å². The molecule has 3 heterocycles. The summed E-state index contributed by atoms with van der Waals surface area (Å²) in [5.74, 6) is 0. The molecule has 0 unspecified atom stereocenters. The number of hydrogen-bond acceptors (Lipinski definition) is 4. The molecule has 1 aromatic carbocycles. The zero-order chi connectivity index (χ0) is 15.8. The fourth-order valence-electron chi connectivity index (χ4n) is 3.07. The second kappa shape index (κ2) is 5.72. The number of aromatic nitrogens is 3. The lowest BCUT2D eigenvalue weighted by atomic mass is 10.1. The summed E-state index contributed by atoms with van der Waals surface area (Å²) in [5.41, 5.74) is 3.68. The summed E-state index contributed by atoms with van der Waals surface area (Å²) in [6.45, 7) is 2.24. The van der Waals surface area contributed by atoms with Crippen molar-refractivity contribution < 1.29 is 0 Å². The van der Waals surface area contributed by atoms with Crippen LogP contribution < -0.4 is 5.56 Å². The predicted octanol–water partition coefficient (Wildman–Crippen LogP) is 2.54. The van der Waals surface area contributed by atoms with Crippen molar-refractivity contribution in [2.45, 2.75) is 19.5 Å². The van der Waals surface area contributed by atoms with E-state index in [1.165, 1.54) is 0 Å². The van der Waals surface area contributed by atoms with E-state index in [1.54, 1.807) is 0 Å². The molecule has 3 aromatic rings. The van der Waals surface area contributed by atoms with Gasteiger partial charge in [0, 0.05) is 37.1 Å². The third-order valence-electron chi connectivity index (χ3n) is 4.23. The smallest absolute Gasteiger partial charge is 0.256 e. The third-order valence-corrected chi connectivity index (χ3v) is 4.44. The molecule has 0 amide bonds. The van der Waals surface area contributed by atoms with Gasteiger partial charge in [-0.1, -0.05) is 24.3 Å². The van der Waals surface area contributed by atoms with Gasteiger partial charge in [-0.15, -0.1) is 0 Å². The number of pyridine rings is 1. The fraction of sp³-hybridized carbons (Fsp3) is 0.235. The average molecular weight is 324 g/mol. The molecule has 1 aliphatic rings. The summed E-state index contributed by atoms with van der Waals surface area (Å²) < 4.78 is 0.401. The largest absolute Gasteiger partial charge is 0.335 e. The van der Waals surface area contributed by atoms with Gasteiger partial charge in [-0.3, -0.25) is 19.7 Å². The SMILES string of the molecule is O=c1[nH]c(=S)[nH]c2c1CN(Cc1ccc3ccccc3n1)CC2. The average Bonchev–Trinajstić information content (AvgIpc) is 2.55. The van der Waals surface area contributed by atoms with Crippen molar-refractivity contribution in [3.63, 3.8) is 0 Å². The van der Waals surface area contributed by atoms with Gasteiger partial charge in [0.2, 0.25) is 0 Å². The summed E-state index contributed by atoms with van der Waals surface area (Å²) >= 11 is 5.03. The number of aromatic amines is 2. The summed E-state index contributed by atoms with van der Waals surface area (Å²) in [5, 5.41) is 1.14. The molecule has 5 nitrogen and oxygen atoms in total. The van der Waals surface area contributed by atoms with Crippen molar-refractivity contribution in [1.29, 1.82) is 0 Å². The standard InChI is InChI=1S/C17H16N4OS/c22-16-13-10-21(8-7-15(13)19-17(23)20-16)9-12-6-5-11-3-1-2-4-14(11)18-12/h1-6H,7-10H2,(H2,19,20,22,23). The van der Waals surface area contributed by atoms with Gasteiger partial charge in [-0.25, -0.2) is 0 Å². The second-order valence-corrected chi connectivity index (χ2v) is 6.23. The third kappa shape index (κ3) is 2.83. The number of nitrogens with one attached hydrogen (secondary N) is 2. The summed E-state index contributed by atoms with van der Waals surface area (Å²) in [4.78, 5) is 24.8. The van der Waals surface area contributed by atoms with Crippen LogP contribution in [0, 0.1) is 4.77 Å². The molecule has 116 valence electrons. The lowest BCUT2D eigenvalue weighted by Gasteiger charge is -2.27. The Hall–Kier alpha value is -2.31. The maximum Gasteiger partial charge on any atom is 0.256 e. The Morgan fingerprint density at radius 2 is 2.04 bits per heavy atom. The number of para-hydroxylation sites is 1. The molecular formula is C17H16N4OS. The number of hydrogen-bond donors (Lipinski definition) is 2. The molecule has 0 spiro atoms. The van der Waals surface area contributed by atoms with Crippen LogP contribution in [0.4, 0.5) is 0 Å². The van der Waals surface area contributed by atoms with Gasteiger partial charge in [0.25, 0.3) is 5.56 Å². The molecule has 6 heteroatoms. The van der Waals surface area contributed by atoms with E-state index in [-0.39, 0.29) is 5.56 Å². The molecule has 2 N–H and O–H groups in total. The lowest BCUT2D eigenvalue weighted by molar-refractivity contribution is 0.239. The van der Waals surface area contributed by atoms with Gasteiger partial charge in [-0.05, 0) is 24.4 Å². The Balaban J connectivity index is 1.59. The summed E-state index contributed by atoms with van der Waals surface area (Å²) in [6.07, 6.45) is 0.802. The zero-order valence-electron chi connectivity index (χ0n) is 12.5. The highest BCUT2D eigenvalue weighted by atomic mass is 32.1. The van der Waals surface area contributed by atoms with Crippen LogP contribution in [0.1, 0.15) is 17.0 Å². The van der Waals surface area contributed by atoms with Crippen molar-refractivity contribution in [3.05, 3.63) is 68.5 Å². The van der Waals surface area contributed by atoms with E-state index in [1.807, 2.05) is 18.2 Å². The summed E-state index contributed by atoms with van der Waals surface area (Å²) in [6, 6.07) is 12.2. The van der Waals surface area contributed by atoms with Crippen LogP contribution in [0.5, 0.6) is 0 Å². The Bertz CT molecular complexity index is 992. The quantitative estimate of drug-likeness (QED) is 0.711. The minimum Gasteiger partial charge on any atom is -0.335 e. The van der Waals surface area contributed by atoms with Crippen LogP contribution in [-0.4, -0.2) is 26.4 Å². The Labute approximate surface area is 138 Å². The molecule has 0 radical (unpaired) electrons. The molecule has 0 fully saturated rings. The van der Waals surface area contributed by atoms with Gasteiger partial charge in [-0.2, -0.15) is 0 Å². The molecule has 0 bridgehead atoms. The van der Waals surface area contributed by atoms with E-state index in [2.05, 4.69) is 33.1 Å². The van der Waals surface area contributed by atoms with E-state index >= 15 is 0 Å². The molecule has 23 heavy (non-hydrogen) atoms. The lowest BCUT2D eigenvalue weighted by Crippen LogP contribution is -2.35. The van der Waals surface area contributed by atoms with E-state index in [0.717, 1.165) is 47.4 Å². The van der Waals surface area contributed by atoms with E-state index in [0.29, 0.717) is 11.3 Å². The highest BCUT2D eigenvalue weighted by Crippen LogP contribution is 2.17. The number of nitrogens with zero attached hydrogens (tertiary/aromatic N) is 2. The van der Waals surface area contributed by atoms with Gasteiger partial charge in [0.1, 0.15) is 0 Å². The first-order chi connectivity index (χ1) is 11.2. The molecular weight excluding hydrogens is 308 g/mol. The number of benzene rings is 1. The van der Waals surface area contributed by atoms with Crippen LogP contribution in [0.3, 0.4) is 0 Å². The highest BCUT2D eigenvalue weighted by Gasteiger charge is 2.20. The van der Waals surface area contributed by atoms with Gasteiger partial charge in [0.05, 0.1) is 16.8 Å². The van der Waals surface area contributed by atoms with E-state index in [4.69, 9.17) is 17.2 Å². The predicted molar refractivity (Wildman–Crippen MR) is 91.8 cm³/mol. The van der Waals surface area contributed by atoms with Crippen molar-refractivity contribution in [2.75, 3.05) is 6.54 Å². The zero-order valence-corrected chi connectivity index (χ0v) is 13.3. The normalized spacial score (nSPS) is 14.8. The topological polar surface area (TPSA) is 64.8 Å².